The number of nitrogens with one attached hydrogen (secondary N) is 3. The highest BCUT2D eigenvalue weighted by Crippen LogP contribution is 2.17. The molecular formula is C22H17N5O4. The van der Waals surface area contributed by atoms with Crippen LogP contribution in [-0.2, 0) is 16.0 Å². The van der Waals surface area contributed by atoms with Gasteiger partial charge in [0.25, 0.3) is 5.56 Å². The summed E-state index contributed by atoms with van der Waals surface area (Å²) in [4.78, 5) is 40.3. The van der Waals surface area contributed by atoms with Crippen LogP contribution in [0.1, 0.15) is 11.4 Å². The molecule has 0 saturated heterocycles. The van der Waals surface area contributed by atoms with E-state index in [0.29, 0.717) is 33.5 Å². The maximum absolute atomic E-state index is 12.5. The van der Waals surface area contributed by atoms with Crippen molar-refractivity contribution >= 4 is 40.0 Å². The summed E-state index contributed by atoms with van der Waals surface area (Å²) in [7, 11) is 0. The van der Waals surface area contributed by atoms with Gasteiger partial charge in [0, 0.05) is 22.8 Å². The van der Waals surface area contributed by atoms with Gasteiger partial charge < -0.3 is 15.1 Å². The molecule has 31 heavy (non-hydrogen) atoms. The molecule has 0 aliphatic carbocycles. The van der Waals surface area contributed by atoms with E-state index >= 15 is 0 Å². The molecule has 0 aliphatic heterocycles. The van der Waals surface area contributed by atoms with E-state index in [1.165, 1.54) is 24.8 Å². The van der Waals surface area contributed by atoms with Crippen molar-refractivity contribution in [2.75, 3.05) is 10.6 Å². The number of aromatic nitrogens is 3. The van der Waals surface area contributed by atoms with E-state index < -0.39 is 0 Å². The van der Waals surface area contributed by atoms with Crippen molar-refractivity contribution in [2.24, 2.45) is 0 Å². The third kappa shape index (κ3) is 4.91. The lowest BCUT2D eigenvalue weighted by atomic mass is 10.1. The minimum absolute atomic E-state index is 0.0195. The fraction of sp³-hybridized carbons (Fsp3) is 0.0455. The number of hydrogen-bond acceptors (Lipinski definition) is 6. The second-order valence-corrected chi connectivity index (χ2v) is 6.59. The number of oxazole rings is 1. The van der Waals surface area contributed by atoms with E-state index in [1.54, 1.807) is 48.5 Å². The van der Waals surface area contributed by atoms with E-state index in [4.69, 9.17) is 4.42 Å². The van der Waals surface area contributed by atoms with Crippen molar-refractivity contribution in [3.05, 3.63) is 89.0 Å². The van der Waals surface area contributed by atoms with Gasteiger partial charge in [-0.2, -0.15) is 5.10 Å². The first-order valence-corrected chi connectivity index (χ1v) is 9.32. The molecule has 0 unspecified atom stereocenters. The standard InChI is InChI=1S/C22H17N5O4/c28-20(9-8-16-12-31-13-23-16)24-14-4-3-5-15(10-14)25-21(29)11-19-17-6-1-2-7-18(17)22(30)27-26-19/h1-10,12-13H,11H2,(H,24,28)(H,25,29)(H,27,30)/b9-8+. The number of anilines is 2. The molecule has 0 radical (unpaired) electrons. The number of carbonyl (C=O) groups excluding carboxylic acids is 2. The molecule has 0 aliphatic rings. The molecule has 2 heterocycles. The summed E-state index contributed by atoms with van der Waals surface area (Å²) in [6, 6.07) is 13.7. The zero-order valence-corrected chi connectivity index (χ0v) is 16.2. The van der Waals surface area contributed by atoms with E-state index in [9.17, 15) is 14.4 Å². The highest BCUT2D eigenvalue weighted by molar-refractivity contribution is 6.02. The van der Waals surface area contributed by atoms with Crippen molar-refractivity contribution in [1.82, 2.24) is 15.2 Å². The third-order valence-corrected chi connectivity index (χ3v) is 4.37. The largest absolute Gasteiger partial charge is 0.451 e. The Kier molecular flexibility index (Phi) is 5.66. The summed E-state index contributed by atoms with van der Waals surface area (Å²) in [6.45, 7) is 0. The molecule has 3 N–H and O–H groups in total. The van der Waals surface area contributed by atoms with E-state index in [1.807, 2.05) is 0 Å². The number of benzene rings is 2. The number of H-pyrrole nitrogens is 1. The Balaban J connectivity index is 1.42. The molecule has 0 atom stereocenters. The molecule has 0 spiro atoms. The first kappa shape index (κ1) is 19.8. The lowest BCUT2D eigenvalue weighted by Gasteiger charge is -2.09. The molecule has 2 aromatic carbocycles. The molecule has 4 aromatic rings. The Morgan fingerprint density at radius 1 is 1.03 bits per heavy atom. The van der Waals surface area contributed by atoms with Crippen LogP contribution in [0.15, 0.2) is 76.5 Å². The van der Waals surface area contributed by atoms with Crippen LogP contribution in [0.4, 0.5) is 11.4 Å². The van der Waals surface area contributed by atoms with Crippen LogP contribution in [0.25, 0.3) is 16.8 Å². The lowest BCUT2D eigenvalue weighted by molar-refractivity contribution is -0.115. The maximum atomic E-state index is 12.5. The number of rotatable bonds is 6. The predicted octanol–water partition coefficient (Wildman–Crippen LogP) is 2.74. The molecule has 0 fully saturated rings. The highest BCUT2D eigenvalue weighted by Gasteiger charge is 2.11. The Labute approximate surface area is 175 Å². The zero-order chi connectivity index (χ0) is 21.6. The minimum Gasteiger partial charge on any atom is -0.451 e. The molecule has 2 aromatic heterocycles. The molecule has 4 rings (SSSR count). The summed E-state index contributed by atoms with van der Waals surface area (Å²) in [6.07, 6.45) is 5.52. The van der Waals surface area contributed by atoms with E-state index in [0.717, 1.165) is 0 Å². The third-order valence-electron chi connectivity index (χ3n) is 4.37. The first-order chi connectivity index (χ1) is 15.1. The molecular weight excluding hydrogens is 398 g/mol. The second-order valence-electron chi connectivity index (χ2n) is 6.59. The van der Waals surface area contributed by atoms with Crippen LogP contribution in [0, 0.1) is 0 Å². The number of hydrogen-bond donors (Lipinski definition) is 3. The summed E-state index contributed by atoms with van der Waals surface area (Å²) < 4.78 is 4.83. The SMILES string of the molecule is O=C(/C=C/c1cocn1)Nc1cccc(NC(=O)Cc2n[nH]c(=O)c3ccccc23)c1. The van der Waals surface area contributed by atoms with Crippen LogP contribution in [0.5, 0.6) is 0 Å². The Hall–Kier alpha value is -4.53. The topological polar surface area (TPSA) is 130 Å². The van der Waals surface area contributed by atoms with Gasteiger partial charge in [0.2, 0.25) is 11.8 Å². The van der Waals surface area contributed by atoms with Gasteiger partial charge in [0.15, 0.2) is 6.39 Å². The predicted molar refractivity (Wildman–Crippen MR) is 115 cm³/mol. The van der Waals surface area contributed by atoms with Crippen molar-refractivity contribution in [2.45, 2.75) is 6.42 Å². The lowest BCUT2D eigenvalue weighted by Crippen LogP contribution is -2.18. The van der Waals surface area contributed by atoms with Crippen LogP contribution in [0.3, 0.4) is 0 Å². The summed E-state index contributed by atoms with van der Waals surface area (Å²) in [5.41, 5.74) is 1.72. The smallest absolute Gasteiger partial charge is 0.272 e. The highest BCUT2D eigenvalue weighted by atomic mass is 16.3. The van der Waals surface area contributed by atoms with Gasteiger partial charge in [-0.15, -0.1) is 0 Å². The zero-order valence-electron chi connectivity index (χ0n) is 16.2. The number of fused-ring (bicyclic) bond motifs is 1. The molecule has 9 nitrogen and oxygen atoms in total. The van der Waals surface area contributed by atoms with E-state index in [-0.39, 0.29) is 23.8 Å². The molecule has 0 saturated carbocycles. The van der Waals surface area contributed by atoms with Crippen LogP contribution < -0.4 is 16.2 Å². The maximum Gasteiger partial charge on any atom is 0.272 e. The summed E-state index contributed by atoms with van der Waals surface area (Å²) in [5, 5.41) is 13.0. The number of nitrogens with zero attached hydrogens (tertiary/aromatic N) is 2. The molecule has 2 amide bonds. The molecule has 9 heteroatoms. The minimum atomic E-state index is -0.351. The number of carbonyl (C=O) groups is 2. The summed E-state index contributed by atoms with van der Waals surface area (Å²) in [5.74, 6) is -0.658. The van der Waals surface area contributed by atoms with Gasteiger partial charge in [-0.05, 0) is 30.3 Å². The van der Waals surface area contributed by atoms with Crippen LogP contribution in [0.2, 0.25) is 0 Å². The quantitative estimate of drug-likeness (QED) is 0.415. The number of aromatic amines is 1. The Morgan fingerprint density at radius 2 is 1.81 bits per heavy atom. The van der Waals surface area contributed by atoms with Crippen molar-refractivity contribution in [3.8, 4) is 0 Å². The fourth-order valence-corrected chi connectivity index (χ4v) is 2.99. The second kappa shape index (κ2) is 8.87. The normalized spacial score (nSPS) is 11.0. The summed E-state index contributed by atoms with van der Waals surface area (Å²) >= 11 is 0. The Morgan fingerprint density at radius 3 is 2.58 bits per heavy atom. The fourth-order valence-electron chi connectivity index (χ4n) is 2.99. The van der Waals surface area contributed by atoms with Crippen molar-refractivity contribution < 1.29 is 14.0 Å². The van der Waals surface area contributed by atoms with Gasteiger partial charge >= 0.3 is 0 Å². The Bertz CT molecular complexity index is 1330. The van der Waals surface area contributed by atoms with Crippen LogP contribution >= 0.6 is 0 Å². The number of amides is 2. The first-order valence-electron chi connectivity index (χ1n) is 9.32. The van der Waals surface area contributed by atoms with Gasteiger partial charge in [-0.1, -0.05) is 24.3 Å². The molecule has 0 bridgehead atoms. The monoisotopic (exact) mass is 415 g/mol. The molecule has 154 valence electrons. The van der Waals surface area contributed by atoms with Gasteiger partial charge in [-0.25, -0.2) is 10.1 Å². The van der Waals surface area contributed by atoms with Gasteiger partial charge in [0.05, 0.1) is 17.5 Å². The van der Waals surface area contributed by atoms with E-state index in [2.05, 4.69) is 25.8 Å². The van der Waals surface area contributed by atoms with Gasteiger partial charge in [0.1, 0.15) is 12.0 Å². The van der Waals surface area contributed by atoms with Crippen molar-refractivity contribution in [3.63, 3.8) is 0 Å². The average Bonchev–Trinajstić information content (AvgIpc) is 3.28. The van der Waals surface area contributed by atoms with Crippen molar-refractivity contribution in [1.29, 1.82) is 0 Å². The van der Waals surface area contributed by atoms with Gasteiger partial charge in [-0.3, -0.25) is 14.4 Å². The van der Waals surface area contributed by atoms with Crippen LogP contribution in [-0.4, -0.2) is 27.0 Å². The average molecular weight is 415 g/mol.